The molecular formula is C9H12Cl3N3O2S2. The molecule has 19 heavy (non-hydrogen) atoms. The van der Waals surface area contributed by atoms with E-state index in [1.165, 1.54) is 18.8 Å². The Hall–Kier alpha value is -0.000000000000000167. The largest absolute Gasteiger partial charge is 0.445 e. The smallest absolute Gasteiger partial charge is 0.296 e. The fourth-order valence-electron chi connectivity index (χ4n) is 0.663. The number of hydrogen-bond acceptors (Lipinski definition) is 6. The summed E-state index contributed by atoms with van der Waals surface area (Å²) >= 11 is 18.5. The predicted octanol–water partition coefficient (Wildman–Crippen LogP) is 4.26. The normalized spacial score (nSPS) is 13.6. The van der Waals surface area contributed by atoms with Crippen molar-refractivity contribution in [3.63, 3.8) is 0 Å². The summed E-state index contributed by atoms with van der Waals surface area (Å²) in [6, 6.07) is 2.09. The van der Waals surface area contributed by atoms with Crippen LogP contribution in [0.5, 0.6) is 0 Å². The van der Waals surface area contributed by atoms with Crippen LogP contribution in [-0.2, 0) is 4.84 Å². The molecule has 1 atom stereocenters. The zero-order valence-corrected chi connectivity index (χ0v) is 14.3. The Kier molecular flexibility index (Phi) is 9.03. The van der Waals surface area contributed by atoms with E-state index >= 15 is 0 Å². The zero-order chi connectivity index (χ0) is 15.1. The number of thioether (sulfide) groups is 1. The predicted molar refractivity (Wildman–Crippen MR) is 82.5 cm³/mol. The minimum absolute atomic E-state index is 0.103. The van der Waals surface area contributed by atoms with Crippen LogP contribution in [0.1, 0.15) is 13.8 Å². The number of hydrogen-bond donors (Lipinski definition) is 0. The van der Waals surface area contributed by atoms with Crippen LogP contribution in [0.15, 0.2) is 5.16 Å². The maximum Gasteiger partial charge on any atom is 0.445 e. The van der Waals surface area contributed by atoms with Crippen molar-refractivity contribution in [2.75, 3.05) is 12.8 Å². The summed E-state index contributed by atoms with van der Waals surface area (Å²) in [5.74, 6) is 0.468. The third-order valence-electron chi connectivity index (χ3n) is 1.51. The topological polar surface area (TPSA) is 65.7 Å². The fraction of sp³-hybridized carbons (Fsp3) is 0.667. The minimum Gasteiger partial charge on any atom is -0.296 e. The van der Waals surface area contributed by atoms with Crippen LogP contribution in [0.3, 0.4) is 0 Å². The number of carbonyl (C=O) groups is 1. The zero-order valence-electron chi connectivity index (χ0n) is 10.4. The molecule has 0 fully saturated rings. The number of halogens is 3. The van der Waals surface area contributed by atoms with Crippen LogP contribution >= 0.6 is 58.5 Å². The molecule has 0 saturated carbocycles. The van der Waals surface area contributed by atoms with E-state index < -0.39 is 9.22 Å². The molecule has 0 heterocycles. The molecule has 0 aliphatic heterocycles. The summed E-state index contributed by atoms with van der Waals surface area (Å²) < 4.78 is -0.629. The Morgan fingerprint density at radius 2 is 2.16 bits per heavy atom. The van der Waals surface area contributed by atoms with Gasteiger partial charge in [0.25, 0.3) is 3.12 Å². The molecule has 0 aliphatic carbocycles. The molecule has 108 valence electrons. The quantitative estimate of drug-likeness (QED) is 0.186. The second-order valence-electron chi connectivity index (χ2n) is 3.34. The minimum atomic E-state index is -1.65. The van der Waals surface area contributed by atoms with E-state index in [2.05, 4.69) is 16.1 Å². The van der Waals surface area contributed by atoms with Crippen molar-refractivity contribution in [2.24, 2.45) is 11.1 Å². The van der Waals surface area contributed by atoms with Crippen LogP contribution in [-0.4, -0.2) is 31.4 Å². The van der Waals surface area contributed by atoms with Gasteiger partial charge in [-0.2, -0.15) is 5.26 Å². The molecular weight excluding hydrogens is 353 g/mol. The molecule has 0 saturated heterocycles. The van der Waals surface area contributed by atoms with E-state index in [-0.39, 0.29) is 5.92 Å². The van der Waals surface area contributed by atoms with Gasteiger partial charge in [-0.1, -0.05) is 40.0 Å². The van der Waals surface area contributed by atoms with E-state index in [0.29, 0.717) is 22.7 Å². The van der Waals surface area contributed by atoms with Crippen molar-refractivity contribution < 1.29 is 9.63 Å². The van der Waals surface area contributed by atoms with Crippen LogP contribution < -0.4 is 0 Å². The first-order valence-electron chi connectivity index (χ1n) is 4.93. The average molecular weight is 365 g/mol. The van der Waals surface area contributed by atoms with E-state index in [4.69, 9.17) is 40.1 Å². The summed E-state index contributed by atoms with van der Waals surface area (Å²) in [5.41, 5.74) is 0. The summed E-state index contributed by atoms with van der Waals surface area (Å²) in [7, 11) is 1.39. The lowest BCUT2D eigenvalue weighted by molar-refractivity contribution is 0.137. The number of nitriles is 1. The highest BCUT2D eigenvalue weighted by Gasteiger charge is 2.27. The number of alkyl halides is 3. The van der Waals surface area contributed by atoms with Gasteiger partial charge in [0.2, 0.25) is 0 Å². The first-order valence-corrected chi connectivity index (χ1v) is 7.82. The molecule has 0 aliphatic rings. The Morgan fingerprint density at radius 3 is 2.63 bits per heavy atom. The number of amides is 1. The van der Waals surface area contributed by atoms with E-state index in [9.17, 15) is 4.79 Å². The van der Waals surface area contributed by atoms with Gasteiger partial charge >= 0.3 is 6.09 Å². The standard InChI is InChI=1S/C9H12Cl3N3O2S2/c1-6(4-13)5-18-7(2)14-17-8(16)15(3)19-9(10,11)12/h6H,5H2,1-3H3. The molecule has 10 heteroatoms. The monoisotopic (exact) mass is 363 g/mol. The van der Waals surface area contributed by atoms with Gasteiger partial charge in [-0.15, -0.1) is 11.8 Å². The maximum absolute atomic E-state index is 11.5. The van der Waals surface area contributed by atoms with Crippen molar-refractivity contribution in [1.29, 1.82) is 5.26 Å². The molecule has 5 nitrogen and oxygen atoms in total. The van der Waals surface area contributed by atoms with Crippen molar-refractivity contribution in [3.8, 4) is 6.07 Å². The highest BCUT2D eigenvalue weighted by atomic mass is 35.6. The lowest BCUT2D eigenvalue weighted by Crippen LogP contribution is -2.22. The summed E-state index contributed by atoms with van der Waals surface area (Å²) in [4.78, 5) is 16.1. The number of carbonyl (C=O) groups excluding carboxylic acids is 1. The van der Waals surface area contributed by atoms with Crippen LogP contribution in [0.25, 0.3) is 0 Å². The summed E-state index contributed by atoms with van der Waals surface area (Å²) in [6.45, 7) is 3.46. The van der Waals surface area contributed by atoms with Crippen LogP contribution in [0.4, 0.5) is 4.79 Å². The molecule has 0 aromatic heterocycles. The third-order valence-corrected chi connectivity index (χ3v) is 3.92. The fourth-order valence-corrected chi connectivity index (χ4v) is 2.67. The molecule has 0 radical (unpaired) electrons. The third kappa shape index (κ3) is 10.4. The number of rotatable bonds is 4. The van der Waals surface area contributed by atoms with Crippen molar-refractivity contribution in [3.05, 3.63) is 0 Å². The van der Waals surface area contributed by atoms with Gasteiger partial charge in [0.15, 0.2) is 0 Å². The second kappa shape index (κ2) is 9.03. The molecule has 0 aromatic carbocycles. The van der Waals surface area contributed by atoms with Gasteiger partial charge in [-0.25, -0.2) is 9.10 Å². The summed E-state index contributed by atoms with van der Waals surface area (Å²) in [6.07, 6.45) is -0.760. The molecule has 0 N–H and O–H groups in total. The lowest BCUT2D eigenvalue weighted by Gasteiger charge is -2.17. The van der Waals surface area contributed by atoms with Gasteiger partial charge < -0.3 is 0 Å². The van der Waals surface area contributed by atoms with Crippen LogP contribution in [0.2, 0.25) is 0 Å². The SMILES string of the molecule is CC(=NOC(=O)N(C)SC(Cl)(Cl)Cl)SCC(C)C#N. The lowest BCUT2D eigenvalue weighted by atomic mass is 10.3. The van der Waals surface area contributed by atoms with Gasteiger partial charge in [0, 0.05) is 24.7 Å². The second-order valence-corrected chi connectivity index (χ2v) is 8.85. The van der Waals surface area contributed by atoms with E-state index in [1.807, 2.05) is 0 Å². The Balaban J connectivity index is 4.16. The first-order chi connectivity index (χ1) is 8.65. The van der Waals surface area contributed by atoms with Gasteiger partial charge in [-0.05, 0) is 13.8 Å². The average Bonchev–Trinajstić information content (AvgIpc) is 2.30. The molecule has 1 unspecified atom stereocenters. The van der Waals surface area contributed by atoms with Gasteiger partial charge in [0.05, 0.1) is 12.0 Å². The molecule has 1 amide bonds. The highest BCUT2D eigenvalue weighted by molar-refractivity contribution is 8.13. The van der Waals surface area contributed by atoms with Crippen molar-refractivity contribution in [1.82, 2.24) is 4.31 Å². The Morgan fingerprint density at radius 1 is 1.58 bits per heavy atom. The van der Waals surface area contributed by atoms with Gasteiger partial charge in [0.1, 0.15) is 5.04 Å². The Labute approximate surface area is 135 Å². The Bertz CT molecular complexity index is 382. The molecule has 0 bridgehead atoms. The van der Waals surface area contributed by atoms with Gasteiger partial charge in [-0.3, -0.25) is 4.84 Å². The number of oxime groups is 1. The molecule has 0 spiro atoms. The number of nitrogens with zero attached hydrogens (tertiary/aromatic N) is 3. The maximum atomic E-state index is 11.5. The first kappa shape index (κ1) is 19.0. The molecule has 0 rings (SSSR count). The van der Waals surface area contributed by atoms with E-state index in [0.717, 1.165) is 4.31 Å². The van der Waals surface area contributed by atoms with Crippen LogP contribution in [0, 0.1) is 17.2 Å². The highest BCUT2D eigenvalue weighted by Crippen LogP contribution is 2.40. The van der Waals surface area contributed by atoms with Crippen molar-refractivity contribution in [2.45, 2.75) is 17.0 Å². The van der Waals surface area contributed by atoms with Crippen molar-refractivity contribution >= 4 is 69.6 Å². The molecule has 0 aromatic rings. The summed E-state index contributed by atoms with van der Waals surface area (Å²) in [5, 5.41) is 12.8. The van der Waals surface area contributed by atoms with E-state index in [1.54, 1.807) is 13.8 Å².